The number of aromatic amines is 1. The van der Waals surface area contributed by atoms with Crippen molar-refractivity contribution in [1.29, 1.82) is 0 Å². The fourth-order valence-electron chi connectivity index (χ4n) is 2.04. The number of fused-ring (bicyclic) bond motifs is 1. The van der Waals surface area contributed by atoms with E-state index in [0.717, 1.165) is 16.6 Å². The van der Waals surface area contributed by atoms with Gasteiger partial charge in [0.05, 0.1) is 11.0 Å². The number of H-pyrrole nitrogens is 1. The van der Waals surface area contributed by atoms with Crippen LogP contribution in [-0.2, 0) is 5.54 Å². The molecule has 0 aliphatic rings. The van der Waals surface area contributed by atoms with Gasteiger partial charge in [0.1, 0.15) is 0 Å². The van der Waals surface area contributed by atoms with Gasteiger partial charge in [0.15, 0.2) is 0 Å². The molecule has 0 saturated carbocycles. The van der Waals surface area contributed by atoms with Gasteiger partial charge in [-0.15, -0.1) is 0 Å². The number of benzene rings is 1. The molecule has 1 aromatic heterocycles. The fourth-order valence-corrected chi connectivity index (χ4v) is 2.04. The number of rotatable bonds is 2. The number of hydrogen-bond acceptors (Lipinski definition) is 2. The normalized spacial score (nSPS) is 12.6. The van der Waals surface area contributed by atoms with Crippen molar-refractivity contribution in [2.75, 3.05) is 0 Å². The van der Waals surface area contributed by atoms with Crippen LogP contribution in [0.15, 0.2) is 23.0 Å². The molecule has 17 heavy (non-hydrogen) atoms. The third-order valence-corrected chi connectivity index (χ3v) is 2.98. The quantitative estimate of drug-likeness (QED) is 0.834. The molecular weight excluding hydrogens is 214 g/mol. The van der Waals surface area contributed by atoms with Crippen molar-refractivity contribution < 1.29 is 0 Å². The van der Waals surface area contributed by atoms with E-state index < -0.39 is 5.54 Å². The summed E-state index contributed by atoms with van der Waals surface area (Å²) in [6.45, 7) is 7.89. The van der Waals surface area contributed by atoms with E-state index in [1.165, 1.54) is 0 Å². The van der Waals surface area contributed by atoms with Crippen molar-refractivity contribution in [3.63, 3.8) is 0 Å². The second-order valence-corrected chi connectivity index (χ2v) is 5.35. The monoisotopic (exact) mass is 233 g/mol. The number of nitrogens with one attached hydrogen (secondary N) is 1. The Labute approximate surface area is 100 Å². The zero-order valence-corrected chi connectivity index (χ0v) is 10.7. The Balaban J connectivity index is 2.70. The van der Waals surface area contributed by atoms with Crippen LogP contribution in [0.5, 0.6) is 0 Å². The lowest BCUT2D eigenvalue weighted by molar-refractivity contribution is 0.555. The smallest absolute Gasteiger partial charge is 0.322 e. The van der Waals surface area contributed by atoms with E-state index in [1.54, 1.807) is 4.57 Å². The number of imidazole rings is 1. The van der Waals surface area contributed by atoms with Gasteiger partial charge in [-0.25, -0.2) is 4.79 Å². The first-order chi connectivity index (χ1) is 7.80. The zero-order valence-electron chi connectivity index (χ0n) is 10.7. The van der Waals surface area contributed by atoms with Gasteiger partial charge < -0.3 is 10.7 Å². The van der Waals surface area contributed by atoms with Crippen LogP contribution in [0, 0.1) is 0 Å². The van der Waals surface area contributed by atoms with Crippen molar-refractivity contribution in [3.8, 4) is 0 Å². The Morgan fingerprint density at radius 3 is 2.53 bits per heavy atom. The first-order valence-corrected chi connectivity index (χ1v) is 5.84. The molecule has 0 atom stereocenters. The minimum absolute atomic E-state index is 0.0676. The summed E-state index contributed by atoms with van der Waals surface area (Å²) in [5.74, 6) is 0. The van der Waals surface area contributed by atoms with Crippen LogP contribution in [0.25, 0.3) is 11.0 Å². The molecule has 3 N–H and O–H groups in total. The number of aromatic nitrogens is 2. The average molecular weight is 233 g/mol. The Morgan fingerprint density at radius 2 is 2.00 bits per heavy atom. The average Bonchev–Trinajstić information content (AvgIpc) is 2.50. The zero-order chi connectivity index (χ0) is 12.8. The van der Waals surface area contributed by atoms with Crippen LogP contribution < -0.4 is 11.4 Å². The van der Waals surface area contributed by atoms with E-state index in [4.69, 9.17) is 5.73 Å². The SMILES string of the molecule is CC(C)n1c(=O)[nH]c2cc(C(C)(C)N)ccc21. The Hall–Kier alpha value is -1.55. The van der Waals surface area contributed by atoms with E-state index >= 15 is 0 Å². The van der Waals surface area contributed by atoms with Gasteiger partial charge in [0.2, 0.25) is 0 Å². The van der Waals surface area contributed by atoms with Gasteiger partial charge in [0, 0.05) is 11.6 Å². The maximum absolute atomic E-state index is 11.8. The lowest BCUT2D eigenvalue weighted by Gasteiger charge is -2.19. The predicted molar refractivity (Wildman–Crippen MR) is 70.2 cm³/mol. The first kappa shape index (κ1) is 11.9. The molecule has 4 nitrogen and oxygen atoms in total. The highest BCUT2D eigenvalue weighted by Crippen LogP contribution is 2.22. The second-order valence-electron chi connectivity index (χ2n) is 5.35. The fraction of sp³-hybridized carbons (Fsp3) is 0.462. The molecule has 0 amide bonds. The molecule has 0 aliphatic heterocycles. The Morgan fingerprint density at radius 1 is 1.35 bits per heavy atom. The highest BCUT2D eigenvalue weighted by Gasteiger charge is 2.16. The van der Waals surface area contributed by atoms with Crippen molar-refractivity contribution >= 4 is 11.0 Å². The Bertz CT molecular complexity index is 599. The lowest BCUT2D eigenvalue weighted by Crippen LogP contribution is -2.28. The largest absolute Gasteiger partial charge is 0.326 e. The molecule has 0 fully saturated rings. The van der Waals surface area contributed by atoms with Crippen molar-refractivity contribution in [3.05, 3.63) is 34.2 Å². The molecule has 0 aliphatic carbocycles. The highest BCUT2D eigenvalue weighted by molar-refractivity contribution is 5.76. The van der Waals surface area contributed by atoms with E-state index in [0.29, 0.717) is 0 Å². The molecule has 0 saturated heterocycles. The third-order valence-electron chi connectivity index (χ3n) is 2.98. The van der Waals surface area contributed by atoms with Gasteiger partial charge in [-0.05, 0) is 45.4 Å². The van der Waals surface area contributed by atoms with Crippen LogP contribution >= 0.6 is 0 Å². The molecule has 0 spiro atoms. The molecular formula is C13H19N3O. The summed E-state index contributed by atoms with van der Waals surface area (Å²) in [6, 6.07) is 6.04. The van der Waals surface area contributed by atoms with Crippen LogP contribution in [0.3, 0.4) is 0 Å². The topological polar surface area (TPSA) is 63.8 Å². The maximum Gasteiger partial charge on any atom is 0.326 e. The summed E-state index contributed by atoms with van der Waals surface area (Å²) in [7, 11) is 0. The third kappa shape index (κ3) is 2.00. The summed E-state index contributed by atoms with van der Waals surface area (Å²) in [5, 5.41) is 0. The van der Waals surface area contributed by atoms with Crippen molar-refractivity contribution in [1.82, 2.24) is 9.55 Å². The Kier molecular flexibility index (Phi) is 2.62. The molecule has 92 valence electrons. The van der Waals surface area contributed by atoms with Crippen LogP contribution in [0.2, 0.25) is 0 Å². The van der Waals surface area contributed by atoms with Gasteiger partial charge in [-0.2, -0.15) is 0 Å². The molecule has 0 bridgehead atoms. The summed E-state index contributed by atoms with van der Waals surface area (Å²) in [5.41, 5.74) is 8.38. The van der Waals surface area contributed by atoms with Gasteiger partial charge in [0.25, 0.3) is 0 Å². The van der Waals surface area contributed by atoms with E-state index in [-0.39, 0.29) is 11.7 Å². The number of nitrogens with zero attached hydrogens (tertiary/aromatic N) is 1. The number of nitrogens with two attached hydrogens (primary N) is 1. The van der Waals surface area contributed by atoms with Crippen LogP contribution in [-0.4, -0.2) is 9.55 Å². The van der Waals surface area contributed by atoms with Crippen molar-refractivity contribution in [2.45, 2.75) is 39.3 Å². The minimum atomic E-state index is -0.398. The molecule has 1 heterocycles. The minimum Gasteiger partial charge on any atom is -0.322 e. The standard InChI is InChI=1S/C13H19N3O/c1-8(2)16-11-6-5-9(13(3,4)14)7-10(11)15-12(16)17/h5-8H,14H2,1-4H3,(H,15,17). The molecule has 2 aromatic rings. The van der Waals surface area contributed by atoms with Crippen molar-refractivity contribution in [2.24, 2.45) is 5.73 Å². The van der Waals surface area contributed by atoms with Gasteiger partial charge in [-0.1, -0.05) is 6.07 Å². The molecule has 4 heteroatoms. The predicted octanol–water partition coefficient (Wildman–Crippen LogP) is 2.10. The van der Waals surface area contributed by atoms with Crippen LogP contribution in [0.4, 0.5) is 0 Å². The van der Waals surface area contributed by atoms with E-state index in [9.17, 15) is 4.79 Å². The molecule has 0 radical (unpaired) electrons. The summed E-state index contributed by atoms with van der Waals surface area (Å²) in [4.78, 5) is 14.7. The summed E-state index contributed by atoms with van der Waals surface area (Å²) < 4.78 is 1.75. The maximum atomic E-state index is 11.8. The molecule has 1 aromatic carbocycles. The lowest BCUT2D eigenvalue weighted by atomic mass is 9.95. The summed E-state index contributed by atoms with van der Waals surface area (Å²) >= 11 is 0. The van der Waals surface area contributed by atoms with Crippen LogP contribution in [0.1, 0.15) is 39.3 Å². The summed E-state index contributed by atoms with van der Waals surface area (Å²) in [6.07, 6.45) is 0. The van der Waals surface area contributed by atoms with E-state index in [1.807, 2.05) is 45.9 Å². The molecule has 2 rings (SSSR count). The second kappa shape index (κ2) is 3.74. The number of hydrogen-bond donors (Lipinski definition) is 2. The molecule has 0 unspecified atom stereocenters. The van der Waals surface area contributed by atoms with Gasteiger partial charge >= 0.3 is 5.69 Å². The highest BCUT2D eigenvalue weighted by atomic mass is 16.1. The van der Waals surface area contributed by atoms with E-state index in [2.05, 4.69) is 4.98 Å². The first-order valence-electron chi connectivity index (χ1n) is 5.84. The van der Waals surface area contributed by atoms with Gasteiger partial charge in [-0.3, -0.25) is 4.57 Å².